The topological polar surface area (TPSA) is 49.3 Å². The molecule has 0 spiro atoms. The Kier molecular flexibility index (Phi) is 5.62. The Morgan fingerprint density at radius 1 is 1.10 bits per heavy atom. The molecule has 21 heavy (non-hydrogen) atoms. The van der Waals surface area contributed by atoms with Crippen LogP contribution in [0.1, 0.15) is 15.9 Å². The minimum Gasteiger partial charge on any atom is -0.394 e. The summed E-state index contributed by atoms with van der Waals surface area (Å²) in [6, 6.07) is 13.9. The van der Waals surface area contributed by atoms with Crippen molar-refractivity contribution in [3.8, 4) is 0 Å². The summed E-state index contributed by atoms with van der Waals surface area (Å²) >= 11 is 11.8. The molecule has 0 saturated heterocycles. The highest BCUT2D eigenvalue weighted by atomic mass is 35.5. The number of nitrogens with one attached hydrogen (secondary N) is 1. The lowest BCUT2D eigenvalue weighted by Crippen LogP contribution is -2.39. The number of carbonyl (C=O) groups is 1. The van der Waals surface area contributed by atoms with Gasteiger partial charge in [-0.2, -0.15) is 0 Å². The number of aliphatic hydroxyl groups is 1. The van der Waals surface area contributed by atoms with Gasteiger partial charge in [0.15, 0.2) is 0 Å². The van der Waals surface area contributed by atoms with Gasteiger partial charge < -0.3 is 10.4 Å². The van der Waals surface area contributed by atoms with E-state index in [1.54, 1.807) is 18.2 Å². The molecule has 0 heterocycles. The van der Waals surface area contributed by atoms with E-state index in [1.807, 2.05) is 30.3 Å². The molecule has 1 amide bonds. The fourth-order valence-electron chi connectivity index (χ4n) is 2.01. The maximum Gasteiger partial charge on any atom is 0.251 e. The van der Waals surface area contributed by atoms with Gasteiger partial charge in [0.25, 0.3) is 5.91 Å². The molecule has 2 aromatic rings. The van der Waals surface area contributed by atoms with Gasteiger partial charge in [-0.05, 0) is 30.2 Å². The molecule has 0 saturated carbocycles. The van der Waals surface area contributed by atoms with Crippen LogP contribution in [0.5, 0.6) is 0 Å². The lowest BCUT2D eigenvalue weighted by molar-refractivity contribution is 0.0916. The number of amides is 1. The Bertz CT molecular complexity index is 597. The molecule has 0 aromatic heterocycles. The predicted molar refractivity (Wildman–Crippen MR) is 84.9 cm³/mol. The first-order chi connectivity index (χ1) is 10.1. The third-order valence-electron chi connectivity index (χ3n) is 3.01. The normalized spacial score (nSPS) is 12.0. The molecule has 110 valence electrons. The number of carbonyl (C=O) groups excluding carboxylic acids is 1. The van der Waals surface area contributed by atoms with E-state index in [4.69, 9.17) is 23.2 Å². The maximum atomic E-state index is 12.2. The minimum atomic E-state index is -0.363. The molecule has 2 rings (SSSR count). The van der Waals surface area contributed by atoms with Crippen LogP contribution >= 0.6 is 23.2 Å². The first-order valence-electron chi connectivity index (χ1n) is 6.50. The maximum absolute atomic E-state index is 12.2. The number of benzene rings is 2. The Hall–Kier alpha value is -1.55. The van der Waals surface area contributed by atoms with E-state index in [1.165, 1.54) is 0 Å². The van der Waals surface area contributed by atoms with Crippen molar-refractivity contribution >= 4 is 29.1 Å². The summed E-state index contributed by atoms with van der Waals surface area (Å²) in [5.41, 5.74) is 1.42. The van der Waals surface area contributed by atoms with Crippen LogP contribution < -0.4 is 5.32 Å². The van der Waals surface area contributed by atoms with Crippen molar-refractivity contribution in [2.45, 2.75) is 12.5 Å². The first-order valence-corrected chi connectivity index (χ1v) is 7.26. The minimum absolute atomic E-state index is 0.144. The Morgan fingerprint density at radius 3 is 2.29 bits per heavy atom. The first kappa shape index (κ1) is 15.8. The summed E-state index contributed by atoms with van der Waals surface area (Å²) in [5.74, 6) is -0.311. The smallest absolute Gasteiger partial charge is 0.251 e. The van der Waals surface area contributed by atoms with Gasteiger partial charge in [0, 0.05) is 15.6 Å². The zero-order valence-electron chi connectivity index (χ0n) is 11.2. The van der Waals surface area contributed by atoms with Crippen LogP contribution in [0.25, 0.3) is 0 Å². The van der Waals surface area contributed by atoms with Gasteiger partial charge in [-0.15, -0.1) is 0 Å². The summed E-state index contributed by atoms with van der Waals surface area (Å²) < 4.78 is 0. The lowest BCUT2D eigenvalue weighted by atomic mass is 10.1. The summed E-state index contributed by atoms with van der Waals surface area (Å²) in [7, 11) is 0. The molecule has 0 aliphatic carbocycles. The highest BCUT2D eigenvalue weighted by Gasteiger charge is 2.14. The molecular weight excluding hydrogens is 309 g/mol. The van der Waals surface area contributed by atoms with Crippen LogP contribution in [-0.4, -0.2) is 23.7 Å². The molecule has 0 radical (unpaired) electrons. The van der Waals surface area contributed by atoms with Crippen LogP contribution in [0.15, 0.2) is 48.5 Å². The van der Waals surface area contributed by atoms with E-state index in [9.17, 15) is 9.90 Å². The van der Waals surface area contributed by atoms with Gasteiger partial charge in [-0.3, -0.25) is 4.79 Å². The van der Waals surface area contributed by atoms with Crippen LogP contribution in [0.2, 0.25) is 10.0 Å². The standard InChI is InChI=1S/C16H15Cl2NO2/c17-13-7-12(8-14(18)9-13)16(21)19-15(10-20)6-11-4-2-1-3-5-11/h1-5,7-9,15,20H,6,10H2,(H,19,21)/t15-/m1/s1. The van der Waals surface area contributed by atoms with Crippen LogP contribution in [-0.2, 0) is 6.42 Å². The number of aliphatic hydroxyl groups excluding tert-OH is 1. The van der Waals surface area contributed by atoms with Gasteiger partial charge >= 0.3 is 0 Å². The largest absolute Gasteiger partial charge is 0.394 e. The molecular formula is C16H15Cl2NO2. The highest BCUT2D eigenvalue weighted by molar-refractivity contribution is 6.35. The predicted octanol–water partition coefficient (Wildman–Crippen LogP) is 3.33. The molecule has 0 fully saturated rings. The van der Waals surface area contributed by atoms with Crippen molar-refractivity contribution in [2.75, 3.05) is 6.61 Å². The second kappa shape index (κ2) is 7.46. The zero-order chi connectivity index (χ0) is 15.2. The second-order valence-electron chi connectivity index (χ2n) is 4.70. The second-order valence-corrected chi connectivity index (χ2v) is 5.57. The molecule has 0 bridgehead atoms. The summed E-state index contributed by atoms with van der Waals surface area (Å²) in [4.78, 5) is 12.2. The van der Waals surface area contributed by atoms with Crippen LogP contribution in [0.4, 0.5) is 0 Å². The third kappa shape index (κ3) is 4.74. The molecule has 0 unspecified atom stereocenters. The number of hydrogen-bond donors (Lipinski definition) is 2. The molecule has 3 nitrogen and oxygen atoms in total. The summed E-state index contributed by atoms with van der Waals surface area (Å²) in [6.07, 6.45) is 0.553. The van der Waals surface area contributed by atoms with E-state index in [2.05, 4.69) is 5.32 Å². The zero-order valence-corrected chi connectivity index (χ0v) is 12.7. The summed E-state index contributed by atoms with van der Waals surface area (Å²) in [6.45, 7) is -0.144. The van der Waals surface area contributed by atoms with E-state index in [-0.39, 0.29) is 18.6 Å². The third-order valence-corrected chi connectivity index (χ3v) is 3.44. The van der Waals surface area contributed by atoms with Crippen molar-refractivity contribution in [2.24, 2.45) is 0 Å². The molecule has 0 aliphatic rings. The van der Waals surface area contributed by atoms with E-state index < -0.39 is 0 Å². The van der Waals surface area contributed by atoms with E-state index in [0.717, 1.165) is 5.56 Å². The fraction of sp³-hybridized carbons (Fsp3) is 0.188. The van der Waals surface area contributed by atoms with Crippen molar-refractivity contribution in [3.63, 3.8) is 0 Å². The Balaban J connectivity index is 2.05. The van der Waals surface area contributed by atoms with Crippen molar-refractivity contribution in [1.82, 2.24) is 5.32 Å². The Labute approximate surface area is 133 Å². The van der Waals surface area contributed by atoms with Crippen molar-refractivity contribution < 1.29 is 9.90 Å². The molecule has 5 heteroatoms. The molecule has 2 aromatic carbocycles. The van der Waals surface area contributed by atoms with Gasteiger partial charge in [-0.1, -0.05) is 53.5 Å². The van der Waals surface area contributed by atoms with E-state index in [0.29, 0.717) is 22.0 Å². The van der Waals surface area contributed by atoms with Crippen LogP contribution in [0, 0.1) is 0 Å². The molecule has 1 atom stereocenters. The molecule has 0 aliphatic heterocycles. The van der Waals surface area contributed by atoms with E-state index >= 15 is 0 Å². The Morgan fingerprint density at radius 2 is 1.71 bits per heavy atom. The summed E-state index contributed by atoms with van der Waals surface area (Å²) in [5, 5.41) is 13.0. The highest BCUT2D eigenvalue weighted by Crippen LogP contribution is 2.19. The lowest BCUT2D eigenvalue weighted by Gasteiger charge is -2.16. The average molecular weight is 324 g/mol. The van der Waals surface area contributed by atoms with Gasteiger partial charge in [-0.25, -0.2) is 0 Å². The van der Waals surface area contributed by atoms with Crippen molar-refractivity contribution in [1.29, 1.82) is 0 Å². The number of rotatable bonds is 5. The fourth-order valence-corrected chi connectivity index (χ4v) is 2.54. The quantitative estimate of drug-likeness (QED) is 0.886. The van der Waals surface area contributed by atoms with Crippen molar-refractivity contribution in [3.05, 3.63) is 69.7 Å². The number of hydrogen-bond acceptors (Lipinski definition) is 2. The SMILES string of the molecule is O=C(N[C@@H](CO)Cc1ccccc1)c1cc(Cl)cc(Cl)c1. The average Bonchev–Trinajstić information content (AvgIpc) is 2.46. The molecule has 2 N–H and O–H groups in total. The van der Waals surface area contributed by atoms with Gasteiger partial charge in [0.2, 0.25) is 0 Å². The monoisotopic (exact) mass is 323 g/mol. The van der Waals surface area contributed by atoms with Gasteiger partial charge in [0.05, 0.1) is 12.6 Å². The van der Waals surface area contributed by atoms with Crippen LogP contribution in [0.3, 0.4) is 0 Å². The van der Waals surface area contributed by atoms with Gasteiger partial charge in [0.1, 0.15) is 0 Å². The number of halogens is 2.